The van der Waals surface area contributed by atoms with Crippen molar-refractivity contribution in [3.8, 4) is 5.75 Å². The molecule has 3 rings (SSSR count). The highest BCUT2D eigenvalue weighted by atomic mass is 16.3. The van der Waals surface area contributed by atoms with Crippen molar-refractivity contribution in [3.05, 3.63) is 53.5 Å². The molecule has 156 valence electrons. The Hall–Kier alpha value is -2.97. The van der Waals surface area contributed by atoms with Gasteiger partial charge in [0.1, 0.15) is 5.75 Å². The van der Waals surface area contributed by atoms with Crippen LogP contribution in [0.15, 0.2) is 42.4 Å². The van der Waals surface area contributed by atoms with E-state index in [-0.39, 0.29) is 12.4 Å². The molecule has 2 heterocycles. The van der Waals surface area contributed by atoms with Gasteiger partial charge in [-0.25, -0.2) is 0 Å². The number of hydrogen-bond acceptors (Lipinski definition) is 8. The molecule has 8 heteroatoms. The van der Waals surface area contributed by atoms with Crippen LogP contribution < -0.4 is 17.2 Å². The lowest BCUT2D eigenvalue weighted by Crippen LogP contribution is -2.32. The predicted molar refractivity (Wildman–Crippen MR) is 116 cm³/mol. The second-order valence-corrected chi connectivity index (χ2v) is 7.62. The van der Waals surface area contributed by atoms with Crippen molar-refractivity contribution in [2.24, 2.45) is 29.0 Å². The molecule has 0 amide bonds. The number of β-amino-alcohol motifs (C(OH)–C–C–N with tert-alkyl or cyclic N) is 1. The highest BCUT2D eigenvalue weighted by Crippen LogP contribution is 2.32. The average molecular weight is 399 g/mol. The van der Waals surface area contributed by atoms with Gasteiger partial charge in [0.15, 0.2) is 0 Å². The number of hydrogen-bond donors (Lipinski definition) is 6. The van der Waals surface area contributed by atoms with E-state index in [4.69, 9.17) is 27.7 Å². The molecule has 29 heavy (non-hydrogen) atoms. The zero-order valence-electron chi connectivity index (χ0n) is 16.5. The third-order valence-corrected chi connectivity index (χ3v) is 5.75. The fourth-order valence-electron chi connectivity index (χ4n) is 4.18. The van der Waals surface area contributed by atoms with E-state index < -0.39 is 0 Å². The maximum absolute atomic E-state index is 10.3. The number of fused-ring (bicyclic) bond motifs is 1. The fourth-order valence-corrected chi connectivity index (χ4v) is 4.18. The van der Waals surface area contributed by atoms with Gasteiger partial charge in [-0.1, -0.05) is 6.07 Å². The van der Waals surface area contributed by atoms with E-state index in [2.05, 4.69) is 9.80 Å². The minimum atomic E-state index is 0.0177. The number of benzene rings is 1. The Morgan fingerprint density at radius 2 is 1.83 bits per heavy atom. The van der Waals surface area contributed by atoms with E-state index in [9.17, 15) is 5.11 Å². The molecular formula is C21H30N6O2. The topological polar surface area (TPSA) is 149 Å². The first-order valence-corrected chi connectivity index (χ1v) is 9.74. The van der Waals surface area contributed by atoms with Crippen LogP contribution >= 0.6 is 0 Å². The number of nitrogens with zero attached hydrogens (tertiary/aromatic N) is 2. The lowest BCUT2D eigenvalue weighted by molar-refractivity contribution is 0.206. The average Bonchev–Trinajstić information content (AvgIpc) is 3.26. The normalized spacial score (nSPS) is 23.5. The number of likely N-dealkylation sites (tertiary alicyclic amines) is 2. The Morgan fingerprint density at radius 1 is 1.14 bits per heavy atom. The van der Waals surface area contributed by atoms with Gasteiger partial charge >= 0.3 is 0 Å². The SMILES string of the molecule is N=CC(=CN)c1ccc(/C(N)=C/C=C(\N)N2C[C@H]3CN(CCO)C[C@H]3C2)c(O)c1. The largest absolute Gasteiger partial charge is 0.507 e. The summed E-state index contributed by atoms with van der Waals surface area (Å²) in [6.07, 6.45) is 5.93. The van der Waals surface area contributed by atoms with Gasteiger partial charge in [-0.2, -0.15) is 0 Å². The highest BCUT2D eigenvalue weighted by molar-refractivity contribution is 6.08. The minimum absolute atomic E-state index is 0.0177. The Labute approximate surface area is 171 Å². The van der Waals surface area contributed by atoms with Crippen LogP contribution in [0.25, 0.3) is 11.3 Å². The zero-order valence-corrected chi connectivity index (χ0v) is 16.5. The van der Waals surface area contributed by atoms with E-state index in [0.717, 1.165) is 38.9 Å². The van der Waals surface area contributed by atoms with Gasteiger partial charge in [-0.15, -0.1) is 0 Å². The molecule has 0 aliphatic carbocycles. The molecule has 2 fully saturated rings. The molecule has 0 radical (unpaired) electrons. The fraction of sp³-hybridized carbons (Fsp3) is 0.381. The number of allylic oxidation sites excluding steroid dienone is 3. The maximum Gasteiger partial charge on any atom is 0.125 e. The molecule has 8 nitrogen and oxygen atoms in total. The molecule has 1 aromatic rings. The standard InChI is InChI=1S/C21H30N6O2/c22-8-15(9-23)14-1-2-18(20(29)7-14)19(24)3-4-21(25)27-12-16-10-26(5-6-28)11-17(16)13-27/h1-4,7-9,16-17,22,28-29H,5-6,10-13,23-25H2/b15-9?,19-3-,21-4+,22-8?/t16-,17+. The third-order valence-electron chi connectivity index (χ3n) is 5.75. The van der Waals surface area contributed by atoms with Gasteiger partial charge in [0.2, 0.25) is 0 Å². The van der Waals surface area contributed by atoms with Gasteiger partial charge in [0.05, 0.1) is 12.4 Å². The smallest absolute Gasteiger partial charge is 0.125 e. The molecule has 0 bridgehead atoms. The first kappa shape index (κ1) is 20.8. The number of phenols is 1. The molecular weight excluding hydrogens is 368 g/mol. The van der Waals surface area contributed by atoms with Crippen LogP contribution in [0.4, 0.5) is 0 Å². The number of rotatable bonds is 7. The quantitative estimate of drug-likeness (QED) is 0.286. The summed E-state index contributed by atoms with van der Waals surface area (Å²) < 4.78 is 0. The van der Waals surface area contributed by atoms with Crippen LogP contribution in [0.3, 0.4) is 0 Å². The van der Waals surface area contributed by atoms with Gasteiger partial charge in [0.25, 0.3) is 0 Å². The van der Waals surface area contributed by atoms with Crippen molar-refractivity contribution in [2.45, 2.75) is 0 Å². The summed E-state index contributed by atoms with van der Waals surface area (Å²) in [6, 6.07) is 4.99. The summed E-state index contributed by atoms with van der Waals surface area (Å²) in [5.41, 5.74) is 20.0. The molecule has 0 saturated carbocycles. The molecule has 2 saturated heterocycles. The van der Waals surface area contributed by atoms with Crippen molar-refractivity contribution in [2.75, 3.05) is 39.3 Å². The van der Waals surface area contributed by atoms with E-state index in [0.29, 0.717) is 40.1 Å². The van der Waals surface area contributed by atoms with E-state index >= 15 is 0 Å². The van der Waals surface area contributed by atoms with Crippen molar-refractivity contribution in [1.29, 1.82) is 5.41 Å². The second kappa shape index (κ2) is 9.02. The zero-order chi connectivity index (χ0) is 21.0. The highest BCUT2D eigenvalue weighted by Gasteiger charge is 2.39. The first-order valence-electron chi connectivity index (χ1n) is 9.74. The number of aliphatic hydroxyl groups is 1. The lowest BCUT2D eigenvalue weighted by Gasteiger charge is -2.22. The van der Waals surface area contributed by atoms with Crippen LogP contribution in [0.5, 0.6) is 5.75 Å². The number of aliphatic hydroxyl groups excluding tert-OH is 1. The van der Waals surface area contributed by atoms with Crippen LogP contribution in [0.2, 0.25) is 0 Å². The Balaban J connectivity index is 1.66. The van der Waals surface area contributed by atoms with E-state index in [1.54, 1.807) is 24.3 Å². The summed E-state index contributed by atoms with van der Waals surface area (Å²) >= 11 is 0. The molecule has 9 N–H and O–H groups in total. The Bertz CT molecular complexity index is 834. The summed E-state index contributed by atoms with van der Waals surface area (Å²) in [4.78, 5) is 4.47. The first-order chi connectivity index (χ1) is 14.0. The van der Waals surface area contributed by atoms with Crippen molar-refractivity contribution in [1.82, 2.24) is 9.80 Å². The van der Waals surface area contributed by atoms with Gasteiger partial charge in [-0.05, 0) is 41.7 Å². The van der Waals surface area contributed by atoms with Crippen LogP contribution in [0.1, 0.15) is 11.1 Å². The molecule has 2 aliphatic heterocycles. The Kier molecular flexibility index (Phi) is 6.46. The number of phenolic OH excluding ortho intramolecular Hbond substituents is 1. The number of aromatic hydroxyl groups is 1. The van der Waals surface area contributed by atoms with E-state index in [1.807, 2.05) is 0 Å². The van der Waals surface area contributed by atoms with Crippen molar-refractivity contribution in [3.63, 3.8) is 0 Å². The van der Waals surface area contributed by atoms with Crippen LogP contribution in [0, 0.1) is 17.2 Å². The lowest BCUT2D eigenvalue weighted by atomic mass is 10.0. The van der Waals surface area contributed by atoms with Gasteiger partial charge in [-0.3, -0.25) is 0 Å². The summed E-state index contributed by atoms with van der Waals surface area (Å²) in [5.74, 6) is 1.82. The van der Waals surface area contributed by atoms with Gasteiger partial charge in [0, 0.05) is 62.0 Å². The molecule has 0 unspecified atom stereocenters. The second-order valence-electron chi connectivity index (χ2n) is 7.62. The summed E-state index contributed by atoms with van der Waals surface area (Å²) in [5, 5.41) is 26.8. The minimum Gasteiger partial charge on any atom is -0.507 e. The van der Waals surface area contributed by atoms with Gasteiger partial charge < -0.3 is 42.6 Å². The predicted octanol–water partition coefficient (Wildman–Crippen LogP) is 0.297. The molecule has 1 aromatic carbocycles. The third kappa shape index (κ3) is 4.55. The molecule has 0 spiro atoms. The van der Waals surface area contributed by atoms with Crippen LogP contribution in [-0.2, 0) is 0 Å². The Morgan fingerprint density at radius 3 is 2.38 bits per heavy atom. The summed E-state index contributed by atoms with van der Waals surface area (Å²) in [6.45, 7) is 4.75. The van der Waals surface area contributed by atoms with Crippen molar-refractivity contribution < 1.29 is 10.2 Å². The maximum atomic E-state index is 10.3. The summed E-state index contributed by atoms with van der Waals surface area (Å²) in [7, 11) is 0. The van der Waals surface area contributed by atoms with Crippen molar-refractivity contribution >= 4 is 17.5 Å². The monoisotopic (exact) mass is 398 g/mol. The molecule has 0 aromatic heterocycles. The van der Waals surface area contributed by atoms with Crippen LogP contribution in [-0.4, -0.2) is 65.6 Å². The molecule has 2 atom stereocenters. The van der Waals surface area contributed by atoms with E-state index in [1.165, 1.54) is 12.3 Å². The molecule has 2 aliphatic rings. The number of nitrogens with two attached hydrogens (primary N) is 3. The number of nitrogens with one attached hydrogen (secondary N) is 1.